The minimum absolute atomic E-state index is 0.0106. The highest BCUT2D eigenvalue weighted by atomic mass is 32.2. The first kappa shape index (κ1) is 24.0. The number of hydrogen-bond donors (Lipinski definition) is 2. The van der Waals surface area contributed by atoms with E-state index in [9.17, 15) is 28.4 Å². The van der Waals surface area contributed by atoms with E-state index >= 15 is 0 Å². The number of benzene rings is 2. The molecular weight excluding hydrogens is 460 g/mol. The average molecular weight is 489 g/mol. The standard InChI is InChI=1S/C23H28N4O6S/c28-22-7-3-2-6-19(22)24-23(29)17-10-14-25(15-11-17)20-9-8-18(16-21(20)27(30)31)34(32,33)26-12-4-1-5-13-26/h2-3,6-9,16-17,28H,1,4-5,10-15H2,(H,24,29). The maximum atomic E-state index is 13.0. The van der Waals surface area contributed by atoms with E-state index < -0.39 is 14.9 Å². The fraction of sp³-hybridized carbons (Fsp3) is 0.435. The molecule has 0 aromatic heterocycles. The van der Waals surface area contributed by atoms with Gasteiger partial charge in [0.15, 0.2) is 0 Å². The number of nitrogens with one attached hydrogen (secondary N) is 1. The number of piperidine rings is 2. The number of anilines is 2. The molecule has 0 aliphatic carbocycles. The van der Waals surface area contributed by atoms with Crippen LogP contribution in [0.25, 0.3) is 0 Å². The number of nitro benzene ring substituents is 1. The number of aromatic hydroxyl groups is 1. The summed E-state index contributed by atoms with van der Waals surface area (Å²) in [7, 11) is -3.78. The lowest BCUT2D eigenvalue weighted by atomic mass is 9.95. The van der Waals surface area contributed by atoms with Gasteiger partial charge in [-0.05, 0) is 49.9 Å². The topological polar surface area (TPSA) is 133 Å². The molecule has 2 saturated heterocycles. The second kappa shape index (κ2) is 9.98. The highest BCUT2D eigenvalue weighted by Gasteiger charge is 2.32. The monoisotopic (exact) mass is 488 g/mol. The van der Waals surface area contributed by atoms with Crippen molar-refractivity contribution in [2.24, 2.45) is 5.92 Å². The van der Waals surface area contributed by atoms with Crippen molar-refractivity contribution in [1.82, 2.24) is 4.31 Å². The molecule has 1 amide bonds. The van der Waals surface area contributed by atoms with Crippen LogP contribution in [0, 0.1) is 16.0 Å². The molecule has 0 radical (unpaired) electrons. The average Bonchev–Trinajstić information content (AvgIpc) is 2.85. The maximum absolute atomic E-state index is 13.0. The van der Waals surface area contributed by atoms with E-state index in [1.807, 2.05) is 4.90 Å². The van der Waals surface area contributed by atoms with E-state index in [1.165, 1.54) is 22.5 Å². The zero-order valence-corrected chi connectivity index (χ0v) is 19.5. The summed E-state index contributed by atoms with van der Waals surface area (Å²) >= 11 is 0. The highest BCUT2D eigenvalue weighted by molar-refractivity contribution is 7.89. The summed E-state index contributed by atoms with van der Waals surface area (Å²) in [6.07, 6.45) is 3.50. The summed E-state index contributed by atoms with van der Waals surface area (Å²) < 4.78 is 27.3. The van der Waals surface area contributed by atoms with E-state index in [1.54, 1.807) is 18.2 Å². The van der Waals surface area contributed by atoms with Crippen molar-refractivity contribution in [3.63, 3.8) is 0 Å². The van der Waals surface area contributed by atoms with Crippen LogP contribution < -0.4 is 10.2 Å². The molecule has 2 fully saturated rings. The first-order chi connectivity index (χ1) is 16.3. The Morgan fingerprint density at radius 1 is 1.03 bits per heavy atom. The number of hydrogen-bond acceptors (Lipinski definition) is 7. The minimum atomic E-state index is -3.78. The van der Waals surface area contributed by atoms with Gasteiger partial charge in [-0.1, -0.05) is 18.6 Å². The number of sulfonamides is 1. The number of phenolic OH excluding ortho intramolecular Hbond substituents is 1. The molecule has 2 aromatic carbocycles. The Labute approximate surface area is 198 Å². The molecule has 0 bridgehead atoms. The summed E-state index contributed by atoms with van der Waals surface area (Å²) in [4.78, 5) is 25.6. The van der Waals surface area contributed by atoms with Crippen molar-refractivity contribution < 1.29 is 23.2 Å². The third kappa shape index (κ3) is 5.00. The van der Waals surface area contributed by atoms with Crippen molar-refractivity contribution in [2.75, 3.05) is 36.4 Å². The second-order valence-electron chi connectivity index (χ2n) is 8.64. The fourth-order valence-corrected chi connectivity index (χ4v) is 6.07. The predicted octanol–water partition coefficient (Wildman–Crippen LogP) is 3.33. The smallest absolute Gasteiger partial charge is 0.293 e. The van der Waals surface area contributed by atoms with Crippen LogP contribution in [0.5, 0.6) is 5.75 Å². The van der Waals surface area contributed by atoms with Crippen LogP contribution >= 0.6 is 0 Å². The number of para-hydroxylation sites is 2. The van der Waals surface area contributed by atoms with Crippen LogP contribution in [-0.4, -0.2) is 54.8 Å². The molecule has 2 N–H and O–H groups in total. The van der Waals surface area contributed by atoms with Gasteiger partial charge in [0.1, 0.15) is 11.4 Å². The number of nitro groups is 1. The predicted molar refractivity (Wildman–Crippen MR) is 127 cm³/mol. The van der Waals surface area contributed by atoms with Gasteiger partial charge in [-0.15, -0.1) is 0 Å². The lowest BCUT2D eigenvalue weighted by Crippen LogP contribution is -2.38. The van der Waals surface area contributed by atoms with E-state index in [-0.39, 0.29) is 28.2 Å². The van der Waals surface area contributed by atoms with Gasteiger partial charge in [0.2, 0.25) is 15.9 Å². The summed E-state index contributed by atoms with van der Waals surface area (Å²) in [5.74, 6) is -0.518. The van der Waals surface area contributed by atoms with Crippen molar-refractivity contribution in [2.45, 2.75) is 37.0 Å². The molecule has 2 aromatic rings. The van der Waals surface area contributed by atoms with Gasteiger partial charge in [-0.25, -0.2) is 8.42 Å². The largest absolute Gasteiger partial charge is 0.506 e. The van der Waals surface area contributed by atoms with E-state index in [2.05, 4.69) is 5.32 Å². The Morgan fingerprint density at radius 3 is 2.35 bits per heavy atom. The van der Waals surface area contributed by atoms with Gasteiger partial charge in [0, 0.05) is 38.2 Å². The van der Waals surface area contributed by atoms with Gasteiger partial charge in [0.05, 0.1) is 15.5 Å². The quantitative estimate of drug-likeness (QED) is 0.362. The molecule has 182 valence electrons. The minimum Gasteiger partial charge on any atom is -0.506 e. The van der Waals surface area contributed by atoms with E-state index in [0.29, 0.717) is 50.4 Å². The summed E-state index contributed by atoms with van der Waals surface area (Å²) in [5.41, 5.74) is 0.438. The van der Waals surface area contributed by atoms with Gasteiger partial charge in [-0.3, -0.25) is 14.9 Å². The molecule has 34 heavy (non-hydrogen) atoms. The van der Waals surface area contributed by atoms with Crippen molar-refractivity contribution in [3.8, 4) is 5.75 Å². The van der Waals surface area contributed by atoms with Crippen LogP contribution in [-0.2, 0) is 14.8 Å². The Bertz CT molecular complexity index is 1170. The van der Waals surface area contributed by atoms with Gasteiger partial charge >= 0.3 is 0 Å². The number of rotatable bonds is 6. The number of carbonyl (C=O) groups excluding carboxylic acids is 1. The SMILES string of the molecule is O=C(Nc1ccccc1O)C1CCN(c2ccc(S(=O)(=O)N3CCCCC3)cc2[N+](=O)[O-])CC1. The summed E-state index contributed by atoms with van der Waals surface area (Å²) in [6.45, 7) is 1.68. The molecule has 0 unspecified atom stereocenters. The van der Waals surface area contributed by atoms with Gasteiger partial charge in [0.25, 0.3) is 5.69 Å². The van der Waals surface area contributed by atoms with Crippen LogP contribution in [0.4, 0.5) is 17.1 Å². The first-order valence-electron chi connectivity index (χ1n) is 11.4. The maximum Gasteiger partial charge on any atom is 0.293 e. The molecule has 4 rings (SSSR count). The van der Waals surface area contributed by atoms with E-state index in [4.69, 9.17) is 0 Å². The van der Waals surface area contributed by atoms with E-state index in [0.717, 1.165) is 25.3 Å². The highest BCUT2D eigenvalue weighted by Crippen LogP contribution is 2.35. The summed E-state index contributed by atoms with van der Waals surface area (Å²) in [5, 5.41) is 24.4. The zero-order chi connectivity index (χ0) is 24.3. The lowest BCUT2D eigenvalue weighted by Gasteiger charge is -2.33. The van der Waals surface area contributed by atoms with Crippen LogP contribution in [0.2, 0.25) is 0 Å². The molecule has 10 nitrogen and oxygen atoms in total. The number of carbonyl (C=O) groups is 1. The molecule has 0 saturated carbocycles. The molecular formula is C23H28N4O6S. The fourth-order valence-electron chi connectivity index (χ4n) is 4.53. The van der Waals surface area contributed by atoms with Crippen LogP contribution in [0.15, 0.2) is 47.4 Å². The third-order valence-electron chi connectivity index (χ3n) is 6.46. The summed E-state index contributed by atoms with van der Waals surface area (Å²) in [6, 6.07) is 10.6. The first-order valence-corrected chi connectivity index (χ1v) is 12.8. The second-order valence-corrected chi connectivity index (χ2v) is 10.6. The Balaban J connectivity index is 1.47. The van der Waals surface area contributed by atoms with Crippen molar-refractivity contribution in [1.29, 1.82) is 0 Å². The van der Waals surface area contributed by atoms with Crippen molar-refractivity contribution >= 4 is 33.0 Å². The Hall–Kier alpha value is -3.18. The number of amides is 1. The third-order valence-corrected chi connectivity index (χ3v) is 8.36. The van der Waals surface area contributed by atoms with Crippen LogP contribution in [0.3, 0.4) is 0 Å². The molecule has 0 spiro atoms. The normalized spacial score (nSPS) is 17.9. The van der Waals surface area contributed by atoms with Crippen molar-refractivity contribution in [3.05, 3.63) is 52.6 Å². The van der Waals surface area contributed by atoms with Gasteiger partial charge in [-0.2, -0.15) is 4.31 Å². The Kier molecular flexibility index (Phi) is 7.03. The van der Waals surface area contributed by atoms with Crippen LogP contribution in [0.1, 0.15) is 32.1 Å². The zero-order valence-electron chi connectivity index (χ0n) is 18.7. The molecule has 11 heteroatoms. The lowest BCUT2D eigenvalue weighted by molar-refractivity contribution is -0.384. The van der Waals surface area contributed by atoms with Gasteiger partial charge < -0.3 is 15.3 Å². The Morgan fingerprint density at radius 2 is 1.71 bits per heavy atom. The molecule has 2 aliphatic rings. The molecule has 2 aliphatic heterocycles. The number of phenols is 1. The number of nitrogens with zero attached hydrogens (tertiary/aromatic N) is 3. The molecule has 0 atom stereocenters. The molecule has 2 heterocycles.